The zero-order valence-corrected chi connectivity index (χ0v) is 17.1. The molecule has 0 heterocycles. The van der Waals surface area contributed by atoms with Crippen molar-refractivity contribution in [3.05, 3.63) is 0 Å². The van der Waals surface area contributed by atoms with Gasteiger partial charge in [-0.25, -0.2) is 0 Å². The number of nitrogens with zero attached hydrogens (tertiary/aromatic N) is 2. The topological polar surface area (TPSA) is 230 Å². The molecule has 29 heavy (non-hydrogen) atoms. The molecule has 0 aliphatic carbocycles. The van der Waals surface area contributed by atoms with Gasteiger partial charge in [-0.15, -0.1) is 0 Å². The lowest BCUT2D eigenvalue weighted by atomic mass is 10.0. The van der Waals surface area contributed by atoms with E-state index in [2.05, 4.69) is 20.6 Å². The van der Waals surface area contributed by atoms with Crippen LogP contribution >= 0.6 is 0 Å². The molecular formula is C17H35N9O3. The van der Waals surface area contributed by atoms with E-state index in [4.69, 9.17) is 28.7 Å². The molecule has 0 saturated heterocycles. The van der Waals surface area contributed by atoms with Crippen LogP contribution in [0, 0.1) is 5.92 Å². The van der Waals surface area contributed by atoms with Crippen LogP contribution in [-0.2, 0) is 14.4 Å². The molecule has 1 unspecified atom stereocenters. The molecule has 0 aromatic heterocycles. The van der Waals surface area contributed by atoms with E-state index in [0.717, 1.165) is 0 Å². The molecule has 2 amide bonds. The van der Waals surface area contributed by atoms with Crippen molar-refractivity contribution in [1.82, 2.24) is 10.6 Å². The Bertz CT molecular complexity index is 585. The van der Waals surface area contributed by atoms with Crippen LogP contribution in [0.3, 0.4) is 0 Å². The summed E-state index contributed by atoms with van der Waals surface area (Å²) in [4.78, 5) is 43.8. The number of hydrogen-bond donors (Lipinski definition) is 7. The largest absolute Gasteiger partial charge is 0.370 e. The Balaban J connectivity index is 4.66. The maximum atomic E-state index is 12.5. The molecule has 0 aliphatic heterocycles. The van der Waals surface area contributed by atoms with Gasteiger partial charge in [0.2, 0.25) is 11.8 Å². The Hall–Kier alpha value is -2.89. The van der Waals surface area contributed by atoms with Crippen LogP contribution in [0.2, 0.25) is 0 Å². The van der Waals surface area contributed by atoms with Crippen molar-refractivity contribution < 1.29 is 14.4 Å². The van der Waals surface area contributed by atoms with Crippen molar-refractivity contribution in [1.29, 1.82) is 0 Å². The Morgan fingerprint density at radius 2 is 1.41 bits per heavy atom. The minimum atomic E-state index is -0.827. The first kappa shape index (κ1) is 26.1. The van der Waals surface area contributed by atoms with Crippen molar-refractivity contribution >= 4 is 30.0 Å². The summed E-state index contributed by atoms with van der Waals surface area (Å²) in [6.07, 6.45) is 2.41. The number of aldehydes is 1. The molecular weight excluding hydrogens is 378 g/mol. The SMILES string of the molecule is CC(C)[C@H](NC(=O)[C@@H](N)CCCN=C(N)N)C(=O)NC(C=O)CCCN=C(N)N. The maximum Gasteiger partial charge on any atom is 0.243 e. The molecule has 0 saturated carbocycles. The Labute approximate surface area is 171 Å². The molecule has 0 bridgehead atoms. The van der Waals surface area contributed by atoms with Gasteiger partial charge in [-0.3, -0.25) is 19.6 Å². The van der Waals surface area contributed by atoms with E-state index < -0.39 is 29.9 Å². The molecule has 12 nitrogen and oxygen atoms in total. The number of carbonyl (C=O) groups excluding carboxylic acids is 3. The molecule has 0 fully saturated rings. The summed E-state index contributed by atoms with van der Waals surface area (Å²) in [5.41, 5.74) is 26.8. The smallest absolute Gasteiger partial charge is 0.243 e. The third-order valence-electron chi connectivity index (χ3n) is 4.01. The quantitative estimate of drug-likeness (QED) is 0.0680. The molecule has 0 aromatic rings. The van der Waals surface area contributed by atoms with Gasteiger partial charge < -0.3 is 44.1 Å². The summed E-state index contributed by atoms with van der Waals surface area (Å²) in [6.45, 7) is 4.27. The van der Waals surface area contributed by atoms with Gasteiger partial charge in [-0.05, 0) is 31.6 Å². The molecule has 0 aliphatic rings. The van der Waals surface area contributed by atoms with E-state index in [1.807, 2.05) is 0 Å². The number of nitrogens with one attached hydrogen (secondary N) is 2. The summed E-state index contributed by atoms with van der Waals surface area (Å²) < 4.78 is 0. The number of nitrogens with two attached hydrogens (primary N) is 5. The number of rotatable bonds is 14. The van der Waals surface area contributed by atoms with Crippen molar-refractivity contribution in [2.75, 3.05) is 13.1 Å². The minimum Gasteiger partial charge on any atom is -0.370 e. The van der Waals surface area contributed by atoms with Crippen LogP contribution in [0.25, 0.3) is 0 Å². The zero-order valence-electron chi connectivity index (χ0n) is 17.1. The number of carbonyl (C=O) groups is 3. The average Bonchev–Trinajstić information content (AvgIpc) is 2.64. The van der Waals surface area contributed by atoms with Gasteiger partial charge in [-0.2, -0.15) is 0 Å². The van der Waals surface area contributed by atoms with Gasteiger partial charge in [0.1, 0.15) is 12.3 Å². The lowest BCUT2D eigenvalue weighted by molar-refractivity contribution is -0.131. The number of amides is 2. The molecule has 0 rings (SSSR count). The minimum absolute atomic E-state index is 0.0254. The fourth-order valence-electron chi connectivity index (χ4n) is 2.41. The summed E-state index contributed by atoms with van der Waals surface area (Å²) >= 11 is 0. The molecule has 12 N–H and O–H groups in total. The van der Waals surface area contributed by atoms with Crippen molar-refractivity contribution in [3.8, 4) is 0 Å². The van der Waals surface area contributed by atoms with Gasteiger partial charge in [0.25, 0.3) is 0 Å². The molecule has 166 valence electrons. The third kappa shape index (κ3) is 12.2. The second-order valence-electron chi connectivity index (χ2n) is 6.99. The van der Waals surface area contributed by atoms with E-state index in [0.29, 0.717) is 45.1 Å². The van der Waals surface area contributed by atoms with Crippen LogP contribution in [-0.4, -0.2) is 61.2 Å². The third-order valence-corrected chi connectivity index (χ3v) is 4.01. The fourth-order valence-corrected chi connectivity index (χ4v) is 2.41. The summed E-state index contributed by atoms with van der Waals surface area (Å²) in [6, 6.07) is -2.34. The highest BCUT2D eigenvalue weighted by molar-refractivity contribution is 5.91. The molecule has 0 spiro atoms. The monoisotopic (exact) mass is 413 g/mol. The van der Waals surface area contributed by atoms with E-state index in [1.54, 1.807) is 13.8 Å². The highest BCUT2D eigenvalue weighted by Gasteiger charge is 2.27. The predicted octanol–water partition coefficient (Wildman–Crippen LogP) is -2.75. The van der Waals surface area contributed by atoms with E-state index in [1.165, 1.54) is 0 Å². The van der Waals surface area contributed by atoms with E-state index in [9.17, 15) is 14.4 Å². The number of hydrogen-bond acceptors (Lipinski definition) is 6. The zero-order chi connectivity index (χ0) is 22.4. The lowest BCUT2D eigenvalue weighted by Gasteiger charge is -2.25. The first-order chi connectivity index (χ1) is 13.6. The standard InChI is InChI=1S/C17H35N9O3/c1-10(2)13(26-14(28)12(18)6-4-8-24-17(21)22)15(29)25-11(9-27)5-3-7-23-16(19)20/h9-13H,3-8,18H2,1-2H3,(H,25,29)(H,26,28)(H4,19,20,23)(H4,21,22,24)/t11?,12-,13-/m0/s1. The Morgan fingerprint density at radius 3 is 1.86 bits per heavy atom. The summed E-state index contributed by atoms with van der Waals surface area (Å²) in [5.74, 6) is -1.18. The highest BCUT2D eigenvalue weighted by Crippen LogP contribution is 2.05. The summed E-state index contributed by atoms with van der Waals surface area (Å²) in [7, 11) is 0. The fraction of sp³-hybridized carbons (Fsp3) is 0.706. The van der Waals surface area contributed by atoms with Gasteiger partial charge in [0.15, 0.2) is 11.9 Å². The highest BCUT2D eigenvalue weighted by atomic mass is 16.2. The number of guanidine groups is 2. The van der Waals surface area contributed by atoms with Gasteiger partial charge in [-0.1, -0.05) is 13.8 Å². The van der Waals surface area contributed by atoms with Gasteiger partial charge in [0.05, 0.1) is 12.1 Å². The molecule has 0 aromatic carbocycles. The van der Waals surface area contributed by atoms with Crippen LogP contribution in [0.4, 0.5) is 0 Å². The molecule has 0 radical (unpaired) electrons. The second-order valence-corrected chi connectivity index (χ2v) is 6.99. The Kier molecular flexibility index (Phi) is 12.7. The van der Waals surface area contributed by atoms with Gasteiger partial charge >= 0.3 is 0 Å². The molecule has 12 heteroatoms. The van der Waals surface area contributed by atoms with Crippen LogP contribution < -0.4 is 39.3 Å². The van der Waals surface area contributed by atoms with Crippen LogP contribution in [0.1, 0.15) is 39.5 Å². The first-order valence-electron chi connectivity index (χ1n) is 9.50. The molecule has 3 atom stereocenters. The van der Waals surface area contributed by atoms with Crippen molar-refractivity contribution in [2.45, 2.75) is 57.7 Å². The summed E-state index contributed by atoms with van der Waals surface area (Å²) in [5, 5.41) is 5.27. The van der Waals surface area contributed by atoms with Crippen LogP contribution in [0.15, 0.2) is 9.98 Å². The average molecular weight is 414 g/mol. The van der Waals surface area contributed by atoms with Crippen molar-refractivity contribution in [2.24, 2.45) is 44.6 Å². The van der Waals surface area contributed by atoms with Gasteiger partial charge in [0, 0.05) is 13.1 Å². The Morgan fingerprint density at radius 1 is 0.897 bits per heavy atom. The second kappa shape index (κ2) is 14.2. The van der Waals surface area contributed by atoms with E-state index in [-0.39, 0.29) is 17.8 Å². The first-order valence-corrected chi connectivity index (χ1v) is 9.50. The predicted molar refractivity (Wildman–Crippen MR) is 113 cm³/mol. The normalized spacial score (nSPS) is 13.7. The van der Waals surface area contributed by atoms with Crippen LogP contribution in [0.5, 0.6) is 0 Å². The van der Waals surface area contributed by atoms with E-state index >= 15 is 0 Å². The number of aliphatic imine (C=N–C) groups is 2. The van der Waals surface area contributed by atoms with Crippen molar-refractivity contribution in [3.63, 3.8) is 0 Å². The maximum absolute atomic E-state index is 12.5. The lowest BCUT2D eigenvalue weighted by Crippen LogP contribution is -2.55.